The van der Waals surface area contributed by atoms with Crippen molar-refractivity contribution in [3.63, 3.8) is 0 Å². The molecule has 3 rings (SSSR count). The van der Waals surface area contributed by atoms with Crippen molar-refractivity contribution in [2.24, 2.45) is 0 Å². The Balaban J connectivity index is 1.51. The van der Waals surface area contributed by atoms with Crippen molar-refractivity contribution in [1.82, 2.24) is 4.90 Å². The Morgan fingerprint density at radius 3 is 2.85 bits per heavy atom. The summed E-state index contributed by atoms with van der Waals surface area (Å²) in [6.45, 7) is 8.05. The lowest BCUT2D eigenvalue weighted by molar-refractivity contribution is -0.109. The average molecular weight is 275 g/mol. The fourth-order valence-electron chi connectivity index (χ4n) is 3.27. The van der Waals surface area contributed by atoms with Crippen LogP contribution in [-0.2, 0) is 9.47 Å². The Morgan fingerprint density at radius 2 is 2.10 bits per heavy atom. The summed E-state index contributed by atoms with van der Waals surface area (Å²) in [6, 6.07) is 10.8. The predicted octanol–water partition coefficient (Wildman–Crippen LogP) is 2.67. The second-order valence-electron chi connectivity index (χ2n) is 6.21. The Morgan fingerprint density at radius 1 is 1.25 bits per heavy atom. The van der Waals surface area contributed by atoms with Crippen LogP contribution in [0.2, 0.25) is 0 Å². The van der Waals surface area contributed by atoms with Crippen LogP contribution in [-0.4, -0.2) is 50.0 Å². The maximum absolute atomic E-state index is 5.98. The molecular formula is C17H25NO2. The van der Waals surface area contributed by atoms with Gasteiger partial charge in [0.05, 0.1) is 13.2 Å². The molecule has 0 amide bonds. The molecule has 0 radical (unpaired) electrons. The quantitative estimate of drug-likeness (QED) is 0.843. The molecule has 0 N–H and O–H groups in total. The van der Waals surface area contributed by atoms with Gasteiger partial charge in [0, 0.05) is 26.1 Å². The summed E-state index contributed by atoms with van der Waals surface area (Å²) < 4.78 is 11.5. The topological polar surface area (TPSA) is 21.7 Å². The van der Waals surface area contributed by atoms with E-state index in [1.807, 2.05) is 0 Å². The summed E-state index contributed by atoms with van der Waals surface area (Å²) in [5.74, 6) is 0.620. The second kappa shape index (κ2) is 6.25. The van der Waals surface area contributed by atoms with Crippen LogP contribution in [0, 0.1) is 0 Å². The molecule has 0 bridgehead atoms. The third kappa shape index (κ3) is 3.22. The molecule has 3 nitrogen and oxygen atoms in total. The zero-order valence-electron chi connectivity index (χ0n) is 12.4. The molecule has 0 aliphatic carbocycles. The lowest BCUT2D eigenvalue weighted by atomic mass is 9.96. The van der Waals surface area contributed by atoms with Crippen LogP contribution in [0.1, 0.15) is 31.2 Å². The van der Waals surface area contributed by atoms with Gasteiger partial charge in [-0.15, -0.1) is 0 Å². The standard InChI is InChI=1S/C17H25NO2/c1-15(16-5-3-2-4-6-16)7-9-18-10-12-20-17(13-18)8-11-19-14-17/h2-6,15H,7-14H2,1H3/t15-,17-/m0/s1. The zero-order chi connectivity index (χ0) is 13.8. The minimum atomic E-state index is -0.00572. The molecule has 0 unspecified atom stereocenters. The van der Waals surface area contributed by atoms with Crippen molar-refractivity contribution in [3.05, 3.63) is 35.9 Å². The molecule has 2 aliphatic rings. The number of rotatable bonds is 4. The molecule has 1 aromatic rings. The van der Waals surface area contributed by atoms with Gasteiger partial charge in [-0.2, -0.15) is 0 Å². The highest BCUT2D eigenvalue weighted by molar-refractivity contribution is 5.18. The largest absolute Gasteiger partial charge is 0.378 e. The minimum absolute atomic E-state index is 0.00572. The van der Waals surface area contributed by atoms with E-state index in [2.05, 4.69) is 42.2 Å². The van der Waals surface area contributed by atoms with E-state index in [-0.39, 0.29) is 5.60 Å². The summed E-state index contributed by atoms with van der Waals surface area (Å²) >= 11 is 0. The van der Waals surface area contributed by atoms with Crippen molar-refractivity contribution in [3.8, 4) is 0 Å². The van der Waals surface area contributed by atoms with Crippen LogP contribution in [0.5, 0.6) is 0 Å². The fraction of sp³-hybridized carbons (Fsp3) is 0.647. The van der Waals surface area contributed by atoms with Gasteiger partial charge in [-0.3, -0.25) is 4.90 Å². The highest BCUT2D eigenvalue weighted by Crippen LogP contribution is 2.28. The maximum Gasteiger partial charge on any atom is 0.106 e. The first kappa shape index (κ1) is 14.1. The minimum Gasteiger partial charge on any atom is -0.378 e. The van der Waals surface area contributed by atoms with Crippen LogP contribution in [0.3, 0.4) is 0 Å². The highest BCUT2D eigenvalue weighted by Gasteiger charge is 2.40. The Bertz CT molecular complexity index is 414. The molecule has 0 saturated carbocycles. The number of nitrogens with zero attached hydrogens (tertiary/aromatic N) is 1. The van der Waals surface area contributed by atoms with Gasteiger partial charge >= 0.3 is 0 Å². The maximum atomic E-state index is 5.98. The van der Waals surface area contributed by atoms with Gasteiger partial charge in [-0.1, -0.05) is 37.3 Å². The van der Waals surface area contributed by atoms with Crippen molar-refractivity contribution in [2.45, 2.75) is 31.3 Å². The first-order chi connectivity index (χ1) is 9.77. The number of benzene rings is 1. The summed E-state index contributed by atoms with van der Waals surface area (Å²) in [4.78, 5) is 2.55. The van der Waals surface area contributed by atoms with E-state index in [1.54, 1.807) is 0 Å². The molecule has 0 aromatic heterocycles. The molecule has 20 heavy (non-hydrogen) atoms. The van der Waals surface area contributed by atoms with E-state index >= 15 is 0 Å². The van der Waals surface area contributed by atoms with Gasteiger partial charge in [0.2, 0.25) is 0 Å². The first-order valence-corrected chi connectivity index (χ1v) is 7.76. The molecule has 3 heteroatoms. The van der Waals surface area contributed by atoms with Gasteiger partial charge in [0.15, 0.2) is 0 Å². The van der Waals surface area contributed by atoms with Crippen molar-refractivity contribution < 1.29 is 9.47 Å². The summed E-state index contributed by atoms with van der Waals surface area (Å²) in [6.07, 6.45) is 2.26. The van der Waals surface area contributed by atoms with Crippen molar-refractivity contribution >= 4 is 0 Å². The van der Waals surface area contributed by atoms with E-state index < -0.39 is 0 Å². The molecular weight excluding hydrogens is 250 g/mol. The molecule has 2 fully saturated rings. The lowest BCUT2D eigenvalue weighted by Gasteiger charge is -2.39. The number of hydrogen-bond acceptors (Lipinski definition) is 3. The van der Waals surface area contributed by atoms with E-state index in [4.69, 9.17) is 9.47 Å². The molecule has 2 aliphatic heterocycles. The van der Waals surface area contributed by atoms with Crippen molar-refractivity contribution in [1.29, 1.82) is 0 Å². The smallest absolute Gasteiger partial charge is 0.106 e. The van der Waals surface area contributed by atoms with Crippen LogP contribution in [0.15, 0.2) is 30.3 Å². The number of hydrogen-bond donors (Lipinski definition) is 0. The van der Waals surface area contributed by atoms with Crippen LogP contribution in [0.25, 0.3) is 0 Å². The van der Waals surface area contributed by atoms with Crippen LogP contribution < -0.4 is 0 Å². The zero-order valence-corrected chi connectivity index (χ0v) is 12.4. The average Bonchev–Trinajstić information content (AvgIpc) is 2.93. The normalized spacial score (nSPS) is 28.9. The lowest BCUT2D eigenvalue weighted by Crippen LogP contribution is -2.52. The Labute approximate surface area is 121 Å². The van der Waals surface area contributed by atoms with Crippen molar-refractivity contribution in [2.75, 3.05) is 39.5 Å². The van der Waals surface area contributed by atoms with Crippen LogP contribution in [0.4, 0.5) is 0 Å². The molecule has 1 aromatic carbocycles. The van der Waals surface area contributed by atoms with Crippen LogP contribution >= 0.6 is 0 Å². The highest BCUT2D eigenvalue weighted by atomic mass is 16.6. The number of morpholine rings is 1. The molecule has 2 atom stereocenters. The Kier molecular flexibility index (Phi) is 4.39. The molecule has 2 heterocycles. The summed E-state index contributed by atoms with van der Waals surface area (Å²) in [5, 5.41) is 0. The number of ether oxygens (including phenoxy) is 2. The van der Waals surface area contributed by atoms with Gasteiger partial charge < -0.3 is 9.47 Å². The fourth-order valence-corrected chi connectivity index (χ4v) is 3.27. The summed E-state index contributed by atoms with van der Waals surface area (Å²) in [5.41, 5.74) is 1.44. The van der Waals surface area contributed by atoms with E-state index in [0.29, 0.717) is 5.92 Å². The third-order valence-electron chi connectivity index (χ3n) is 4.64. The van der Waals surface area contributed by atoms with Gasteiger partial charge in [0.1, 0.15) is 5.60 Å². The molecule has 2 saturated heterocycles. The van der Waals surface area contributed by atoms with Gasteiger partial charge in [-0.25, -0.2) is 0 Å². The van der Waals surface area contributed by atoms with Gasteiger partial charge in [0.25, 0.3) is 0 Å². The SMILES string of the molecule is C[C@@H](CCN1CCO[C@@]2(CCOC2)C1)c1ccccc1. The van der Waals surface area contributed by atoms with E-state index in [9.17, 15) is 0 Å². The second-order valence-corrected chi connectivity index (χ2v) is 6.21. The summed E-state index contributed by atoms with van der Waals surface area (Å²) in [7, 11) is 0. The molecule has 1 spiro atoms. The van der Waals surface area contributed by atoms with E-state index in [0.717, 1.165) is 45.9 Å². The third-order valence-corrected chi connectivity index (χ3v) is 4.64. The Hall–Kier alpha value is -0.900. The molecule has 110 valence electrons. The predicted molar refractivity (Wildman–Crippen MR) is 80.0 cm³/mol. The van der Waals surface area contributed by atoms with Gasteiger partial charge in [-0.05, 0) is 24.4 Å². The van der Waals surface area contributed by atoms with E-state index in [1.165, 1.54) is 12.0 Å². The monoisotopic (exact) mass is 275 g/mol. The first-order valence-electron chi connectivity index (χ1n) is 7.76.